The maximum absolute atomic E-state index is 3.64. The van der Waals surface area contributed by atoms with Crippen LogP contribution in [0.25, 0.3) is 0 Å². The first kappa shape index (κ1) is 10.1. The van der Waals surface area contributed by atoms with Gasteiger partial charge >= 0.3 is 0 Å². The van der Waals surface area contributed by atoms with Crippen molar-refractivity contribution in [1.82, 2.24) is 0 Å². The summed E-state index contributed by atoms with van der Waals surface area (Å²) in [7, 11) is 0. The summed E-state index contributed by atoms with van der Waals surface area (Å²) >= 11 is 5.73. The number of halogens is 2. The first-order valence-corrected chi connectivity index (χ1v) is 5.41. The van der Waals surface area contributed by atoms with Crippen molar-refractivity contribution in [2.24, 2.45) is 0 Å². The van der Waals surface area contributed by atoms with Gasteiger partial charge in [0, 0.05) is 20.3 Å². The molecular formula is C9H9BrIN. The highest BCUT2D eigenvalue weighted by molar-refractivity contribution is 14.1. The van der Waals surface area contributed by atoms with Gasteiger partial charge in [0.15, 0.2) is 0 Å². The Labute approximate surface area is 94.5 Å². The zero-order valence-electron chi connectivity index (χ0n) is 6.48. The van der Waals surface area contributed by atoms with Crippen LogP contribution in [0.3, 0.4) is 0 Å². The van der Waals surface area contributed by atoms with E-state index in [4.69, 9.17) is 0 Å². The lowest BCUT2D eigenvalue weighted by Gasteiger charge is -2.04. The minimum Gasteiger partial charge on any atom is -0.382 e. The molecule has 0 atom stereocenters. The summed E-state index contributed by atoms with van der Waals surface area (Å²) in [6.07, 6.45) is 1.84. The molecule has 1 nitrogen and oxygen atoms in total. The molecule has 1 N–H and O–H groups in total. The SMILES string of the molecule is C=CCNc1ccc(Br)c(I)c1. The van der Waals surface area contributed by atoms with Crippen molar-refractivity contribution >= 4 is 44.2 Å². The summed E-state index contributed by atoms with van der Waals surface area (Å²) < 4.78 is 2.34. The molecule has 0 radical (unpaired) electrons. The molecule has 0 aliphatic rings. The van der Waals surface area contributed by atoms with Crippen molar-refractivity contribution in [2.45, 2.75) is 0 Å². The van der Waals surface area contributed by atoms with Crippen LogP contribution in [-0.2, 0) is 0 Å². The predicted molar refractivity (Wildman–Crippen MR) is 65.5 cm³/mol. The van der Waals surface area contributed by atoms with Crippen molar-refractivity contribution in [2.75, 3.05) is 11.9 Å². The van der Waals surface area contributed by atoms with Gasteiger partial charge in [0.1, 0.15) is 0 Å². The Kier molecular flexibility index (Phi) is 4.08. The predicted octanol–water partition coefficient (Wildman–Crippen LogP) is 3.65. The van der Waals surface area contributed by atoms with Gasteiger partial charge in [0.2, 0.25) is 0 Å². The van der Waals surface area contributed by atoms with E-state index < -0.39 is 0 Å². The van der Waals surface area contributed by atoms with Gasteiger partial charge in [-0.2, -0.15) is 0 Å². The van der Waals surface area contributed by atoms with E-state index in [2.05, 4.69) is 56.5 Å². The maximum Gasteiger partial charge on any atom is 0.0354 e. The second-order valence-electron chi connectivity index (χ2n) is 2.30. The molecule has 0 saturated heterocycles. The molecule has 1 aromatic rings. The van der Waals surface area contributed by atoms with Crippen molar-refractivity contribution < 1.29 is 0 Å². The zero-order chi connectivity index (χ0) is 8.97. The van der Waals surface area contributed by atoms with E-state index in [1.165, 1.54) is 3.57 Å². The van der Waals surface area contributed by atoms with Crippen molar-refractivity contribution in [3.8, 4) is 0 Å². The van der Waals surface area contributed by atoms with Crippen LogP contribution in [-0.4, -0.2) is 6.54 Å². The average molecular weight is 338 g/mol. The zero-order valence-corrected chi connectivity index (χ0v) is 10.2. The molecular weight excluding hydrogens is 329 g/mol. The summed E-state index contributed by atoms with van der Waals surface area (Å²) in [6.45, 7) is 4.45. The fourth-order valence-corrected chi connectivity index (χ4v) is 1.56. The largest absolute Gasteiger partial charge is 0.382 e. The van der Waals surface area contributed by atoms with E-state index in [1.54, 1.807) is 0 Å². The maximum atomic E-state index is 3.64. The minimum atomic E-state index is 0.803. The van der Waals surface area contributed by atoms with Gasteiger partial charge in [-0.15, -0.1) is 6.58 Å². The molecule has 0 aromatic heterocycles. The molecule has 0 heterocycles. The van der Waals surface area contributed by atoms with Gasteiger partial charge in [-0.1, -0.05) is 6.08 Å². The number of nitrogens with one attached hydrogen (secondary N) is 1. The van der Waals surface area contributed by atoms with Gasteiger partial charge in [-0.3, -0.25) is 0 Å². The molecule has 0 fully saturated rings. The van der Waals surface area contributed by atoms with Crippen LogP contribution in [0.4, 0.5) is 5.69 Å². The Bertz CT molecular complexity index is 286. The molecule has 1 rings (SSSR count). The number of rotatable bonds is 3. The third kappa shape index (κ3) is 2.79. The van der Waals surface area contributed by atoms with Crippen LogP contribution < -0.4 is 5.32 Å². The van der Waals surface area contributed by atoms with Crippen LogP contribution in [0.1, 0.15) is 0 Å². The summed E-state index contributed by atoms with van der Waals surface area (Å²) in [4.78, 5) is 0. The lowest BCUT2D eigenvalue weighted by molar-refractivity contribution is 1.33. The first-order chi connectivity index (χ1) is 5.74. The average Bonchev–Trinajstić information content (AvgIpc) is 2.07. The van der Waals surface area contributed by atoms with Crippen LogP contribution in [0.2, 0.25) is 0 Å². The molecule has 64 valence electrons. The van der Waals surface area contributed by atoms with Gasteiger partial charge in [0.25, 0.3) is 0 Å². The highest BCUT2D eigenvalue weighted by Gasteiger charge is 1.96. The van der Waals surface area contributed by atoms with Gasteiger partial charge < -0.3 is 5.32 Å². The smallest absolute Gasteiger partial charge is 0.0354 e. The van der Waals surface area contributed by atoms with E-state index in [9.17, 15) is 0 Å². The number of anilines is 1. The second kappa shape index (κ2) is 4.87. The van der Waals surface area contributed by atoms with Crippen molar-refractivity contribution in [3.63, 3.8) is 0 Å². The standard InChI is InChI=1S/C9H9BrIN/c1-2-5-12-7-3-4-8(10)9(11)6-7/h2-4,6,12H,1,5H2. The molecule has 0 aliphatic carbocycles. The van der Waals surface area contributed by atoms with Gasteiger partial charge in [-0.25, -0.2) is 0 Å². The summed E-state index contributed by atoms with van der Waals surface area (Å²) in [6, 6.07) is 6.16. The lowest BCUT2D eigenvalue weighted by Crippen LogP contribution is -1.97. The van der Waals surface area contributed by atoms with Gasteiger partial charge in [-0.05, 0) is 56.7 Å². The lowest BCUT2D eigenvalue weighted by atomic mass is 10.3. The summed E-state index contributed by atoms with van der Waals surface area (Å²) in [5, 5.41) is 3.22. The minimum absolute atomic E-state index is 0.803. The quantitative estimate of drug-likeness (QED) is 0.655. The number of hydrogen-bond donors (Lipinski definition) is 1. The van der Waals surface area contributed by atoms with Crippen LogP contribution in [0.15, 0.2) is 35.3 Å². The first-order valence-electron chi connectivity index (χ1n) is 3.54. The summed E-state index contributed by atoms with van der Waals surface area (Å²) in [5.74, 6) is 0. The van der Waals surface area contributed by atoms with E-state index in [0.717, 1.165) is 16.7 Å². The molecule has 0 saturated carbocycles. The molecule has 0 spiro atoms. The third-order valence-corrected chi connectivity index (χ3v) is 3.70. The Hall–Kier alpha value is -0.0300. The molecule has 12 heavy (non-hydrogen) atoms. The van der Waals surface area contributed by atoms with E-state index in [1.807, 2.05) is 18.2 Å². The molecule has 0 amide bonds. The second-order valence-corrected chi connectivity index (χ2v) is 4.31. The normalized spacial score (nSPS) is 9.50. The number of hydrogen-bond acceptors (Lipinski definition) is 1. The Morgan fingerprint density at radius 1 is 1.58 bits per heavy atom. The van der Waals surface area contributed by atoms with Crippen molar-refractivity contribution in [1.29, 1.82) is 0 Å². The van der Waals surface area contributed by atoms with E-state index in [-0.39, 0.29) is 0 Å². The Balaban J connectivity index is 2.75. The molecule has 0 unspecified atom stereocenters. The van der Waals surface area contributed by atoms with Crippen LogP contribution in [0.5, 0.6) is 0 Å². The van der Waals surface area contributed by atoms with E-state index in [0.29, 0.717) is 0 Å². The molecule has 0 aliphatic heterocycles. The fraction of sp³-hybridized carbons (Fsp3) is 0.111. The Morgan fingerprint density at radius 2 is 2.33 bits per heavy atom. The highest BCUT2D eigenvalue weighted by atomic mass is 127. The van der Waals surface area contributed by atoms with Gasteiger partial charge in [0.05, 0.1) is 0 Å². The summed E-state index contributed by atoms with van der Waals surface area (Å²) in [5.41, 5.74) is 1.13. The number of benzene rings is 1. The fourth-order valence-electron chi connectivity index (χ4n) is 0.796. The molecule has 1 aromatic carbocycles. The molecule has 3 heteroatoms. The Morgan fingerprint density at radius 3 is 2.92 bits per heavy atom. The molecule has 0 bridgehead atoms. The topological polar surface area (TPSA) is 12.0 Å². The van der Waals surface area contributed by atoms with E-state index >= 15 is 0 Å². The van der Waals surface area contributed by atoms with Crippen molar-refractivity contribution in [3.05, 3.63) is 38.9 Å². The highest BCUT2D eigenvalue weighted by Crippen LogP contribution is 2.22. The monoisotopic (exact) mass is 337 g/mol. The van der Waals surface area contributed by atoms with Crippen LogP contribution in [0, 0.1) is 3.57 Å². The third-order valence-electron chi connectivity index (χ3n) is 1.37. The van der Waals surface area contributed by atoms with Crippen LogP contribution >= 0.6 is 38.5 Å².